The van der Waals surface area contributed by atoms with Crippen LogP contribution in [-0.2, 0) is 4.79 Å². The van der Waals surface area contributed by atoms with E-state index in [1.165, 1.54) is 44.9 Å². The average molecular weight is 264 g/mol. The lowest BCUT2D eigenvalue weighted by molar-refractivity contribution is -0.136. The molecule has 0 bridgehead atoms. The molecule has 0 spiro atoms. The molecule has 0 amide bonds. The van der Waals surface area contributed by atoms with Gasteiger partial charge >= 0.3 is 5.97 Å². The first-order chi connectivity index (χ1) is 9.27. The molecular weight excluding hydrogens is 236 g/mol. The van der Waals surface area contributed by atoms with Crippen molar-refractivity contribution in [3.8, 4) is 0 Å². The molecule has 0 aliphatic rings. The Morgan fingerprint density at radius 2 is 1.74 bits per heavy atom. The van der Waals surface area contributed by atoms with E-state index in [0.29, 0.717) is 6.42 Å². The van der Waals surface area contributed by atoms with E-state index < -0.39 is 5.97 Å². The van der Waals surface area contributed by atoms with E-state index in [1.54, 1.807) is 6.08 Å². The minimum Gasteiger partial charge on any atom is -0.481 e. The van der Waals surface area contributed by atoms with Crippen molar-refractivity contribution < 1.29 is 9.90 Å². The number of rotatable bonds is 12. The summed E-state index contributed by atoms with van der Waals surface area (Å²) in [6, 6.07) is 0. The molecule has 0 atom stereocenters. The van der Waals surface area contributed by atoms with Crippen molar-refractivity contribution in [2.75, 3.05) is 0 Å². The van der Waals surface area contributed by atoms with Crippen molar-refractivity contribution in [2.24, 2.45) is 0 Å². The first-order valence-corrected chi connectivity index (χ1v) is 7.53. The smallest absolute Gasteiger partial charge is 0.303 e. The van der Waals surface area contributed by atoms with E-state index in [-0.39, 0.29) is 6.42 Å². The molecule has 0 saturated heterocycles. The summed E-state index contributed by atoms with van der Waals surface area (Å²) in [5, 5.41) is 8.44. The number of aliphatic carboxylic acids is 1. The van der Waals surface area contributed by atoms with Gasteiger partial charge in [-0.1, -0.05) is 51.2 Å². The van der Waals surface area contributed by atoms with Crippen LogP contribution in [0, 0.1) is 0 Å². The molecule has 0 aromatic carbocycles. The molecule has 1 N–H and O–H groups in total. The Kier molecular flexibility index (Phi) is 13.8. The van der Waals surface area contributed by atoms with Gasteiger partial charge in [0.05, 0.1) is 0 Å². The normalized spacial score (nSPS) is 10.4. The van der Waals surface area contributed by atoms with E-state index in [0.717, 1.165) is 6.42 Å². The molecule has 2 heteroatoms. The van der Waals surface area contributed by atoms with Crippen molar-refractivity contribution in [2.45, 2.75) is 71.1 Å². The zero-order valence-corrected chi connectivity index (χ0v) is 12.2. The average Bonchev–Trinajstić information content (AvgIpc) is 2.39. The number of carboxylic acid groups (broad SMARTS) is 1. The number of allylic oxidation sites excluding steroid dienone is 3. The van der Waals surface area contributed by atoms with Crippen LogP contribution < -0.4 is 0 Å². The van der Waals surface area contributed by atoms with E-state index in [9.17, 15) is 4.79 Å². The Morgan fingerprint density at radius 3 is 2.47 bits per heavy atom. The van der Waals surface area contributed by atoms with Crippen LogP contribution in [0.15, 0.2) is 30.0 Å². The largest absolute Gasteiger partial charge is 0.481 e. The molecule has 0 heterocycles. The summed E-state index contributed by atoms with van der Waals surface area (Å²) in [6.45, 7) is 2.24. The molecular formula is C17H28O2. The van der Waals surface area contributed by atoms with Gasteiger partial charge in [-0.05, 0) is 37.8 Å². The fourth-order valence-electron chi connectivity index (χ4n) is 1.75. The maximum Gasteiger partial charge on any atom is 0.303 e. The molecule has 0 saturated carbocycles. The highest BCUT2D eigenvalue weighted by Gasteiger charge is 1.90. The second-order valence-electron chi connectivity index (χ2n) is 4.77. The third kappa shape index (κ3) is 16.7. The summed E-state index contributed by atoms with van der Waals surface area (Å²) in [6.07, 6.45) is 19.0. The number of hydrogen-bond donors (Lipinski definition) is 1. The predicted molar refractivity (Wildman–Crippen MR) is 81.3 cm³/mol. The summed E-state index contributed by atoms with van der Waals surface area (Å²) in [5.41, 5.74) is 3.00. The van der Waals surface area contributed by atoms with Gasteiger partial charge in [-0.15, -0.1) is 5.73 Å². The van der Waals surface area contributed by atoms with Gasteiger partial charge in [0.2, 0.25) is 0 Å². The van der Waals surface area contributed by atoms with Gasteiger partial charge in [0, 0.05) is 6.42 Å². The molecule has 0 aliphatic heterocycles. The maximum atomic E-state index is 10.2. The predicted octanol–water partition coefficient (Wildman–Crippen LogP) is 5.26. The van der Waals surface area contributed by atoms with Crippen LogP contribution >= 0.6 is 0 Å². The molecule has 0 aromatic rings. The van der Waals surface area contributed by atoms with Crippen LogP contribution in [0.5, 0.6) is 0 Å². The molecule has 0 aliphatic carbocycles. The number of hydrogen-bond acceptors (Lipinski definition) is 1. The Balaban J connectivity index is 3.33. The standard InChI is InChI=1S/C17H28O2/c1-2-3-4-5-6-7-8-9-10-11-12-13-14-15-16-17(18)19/h9-10,12,14H,2-8,11,15-16H2,1H3,(H,18,19)/b10-9-. The lowest BCUT2D eigenvalue weighted by Gasteiger charge is -1.97. The third-order valence-corrected chi connectivity index (χ3v) is 2.88. The third-order valence-electron chi connectivity index (χ3n) is 2.88. The quantitative estimate of drug-likeness (QED) is 0.296. The lowest BCUT2D eigenvalue weighted by atomic mass is 10.1. The van der Waals surface area contributed by atoms with Crippen LogP contribution in [0.2, 0.25) is 0 Å². The minimum atomic E-state index is -0.753. The van der Waals surface area contributed by atoms with Crippen LogP contribution in [0.1, 0.15) is 71.1 Å². The molecule has 108 valence electrons. The van der Waals surface area contributed by atoms with Gasteiger partial charge in [-0.2, -0.15) is 0 Å². The monoisotopic (exact) mass is 264 g/mol. The molecule has 0 rings (SSSR count). The van der Waals surface area contributed by atoms with Crippen LogP contribution in [0.25, 0.3) is 0 Å². The van der Waals surface area contributed by atoms with Gasteiger partial charge in [0.15, 0.2) is 0 Å². The first-order valence-electron chi connectivity index (χ1n) is 7.53. The highest BCUT2D eigenvalue weighted by molar-refractivity contribution is 5.66. The summed E-state index contributed by atoms with van der Waals surface area (Å²) in [4.78, 5) is 10.2. The van der Waals surface area contributed by atoms with Crippen LogP contribution in [-0.4, -0.2) is 11.1 Å². The Hall–Kier alpha value is -1.27. The molecule has 0 unspecified atom stereocenters. The van der Waals surface area contributed by atoms with Gasteiger partial charge in [0.25, 0.3) is 0 Å². The maximum absolute atomic E-state index is 10.2. The van der Waals surface area contributed by atoms with Gasteiger partial charge in [-0.25, -0.2) is 0 Å². The summed E-state index contributed by atoms with van der Waals surface area (Å²) < 4.78 is 0. The summed E-state index contributed by atoms with van der Waals surface area (Å²) in [5.74, 6) is -0.753. The molecule has 0 aromatic heterocycles. The van der Waals surface area contributed by atoms with Crippen molar-refractivity contribution in [1.29, 1.82) is 0 Å². The zero-order chi connectivity index (χ0) is 14.2. The summed E-state index contributed by atoms with van der Waals surface area (Å²) >= 11 is 0. The Bertz CT molecular complexity index is 296. The van der Waals surface area contributed by atoms with Crippen molar-refractivity contribution in [1.82, 2.24) is 0 Å². The fraction of sp³-hybridized carbons (Fsp3) is 0.647. The topological polar surface area (TPSA) is 37.3 Å². The minimum absolute atomic E-state index is 0.189. The molecule has 0 radical (unpaired) electrons. The van der Waals surface area contributed by atoms with E-state index in [1.807, 2.05) is 6.08 Å². The van der Waals surface area contributed by atoms with Crippen molar-refractivity contribution in [3.05, 3.63) is 30.0 Å². The van der Waals surface area contributed by atoms with E-state index in [4.69, 9.17) is 5.11 Å². The molecule has 19 heavy (non-hydrogen) atoms. The second kappa shape index (κ2) is 14.8. The van der Waals surface area contributed by atoms with Gasteiger partial charge in [0.1, 0.15) is 0 Å². The zero-order valence-electron chi connectivity index (χ0n) is 12.2. The molecule has 2 nitrogen and oxygen atoms in total. The van der Waals surface area contributed by atoms with Gasteiger partial charge < -0.3 is 5.11 Å². The van der Waals surface area contributed by atoms with Gasteiger partial charge in [-0.3, -0.25) is 4.79 Å². The number of carboxylic acids is 1. The lowest BCUT2D eigenvalue weighted by Crippen LogP contribution is -1.91. The highest BCUT2D eigenvalue weighted by Crippen LogP contribution is 2.07. The number of carbonyl (C=O) groups is 1. The van der Waals surface area contributed by atoms with Crippen molar-refractivity contribution in [3.63, 3.8) is 0 Å². The second-order valence-corrected chi connectivity index (χ2v) is 4.77. The Morgan fingerprint density at radius 1 is 1.00 bits per heavy atom. The molecule has 0 fully saturated rings. The highest BCUT2D eigenvalue weighted by atomic mass is 16.4. The number of unbranched alkanes of at least 4 members (excludes halogenated alkanes) is 6. The Labute approximate surface area is 117 Å². The summed E-state index contributed by atoms with van der Waals surface area (Å²) in [7, 11) is 0. The van der Waals surface area contributed by atoms with Crippen LogP contribution in [0.3, 0.4) is 0 Å². The SMILES string of the molecule is CCCCCCCC/C=C\CC=C=CCCC(=O)O. The van der Waals surface area contributed by atoms with Crippen molar-refractivity contribution >= 4 is 5.97 Å². The van der Waals surface area contributed by atoms with E-state index in [2.05, 4.69) is 24.8 Å². The van der Waals surface area contributed by atoms with E-state index >= 15 is 0 Å². The first kappa shape index (κ1) is 17.7. The van der Waals surface area contributed by atoms with Crippen LogP contribution in [0.4, 0.5) is 0 Å². The fourth-order valence-corrected chi connectivity index (χ4v) is 1.75.